The van der Waals surface area contributed by atoms with Gasteiger partial charge in [-0.25, -0.2) is 4.79 Å². The number of para-hydroxylation sites is 2. The summed E-state index contributed by atoms with van der Waals surface area (Å²) >= 11 is 0. The zero-order valence-corrected chi connectivity index (χ0v) is 18.2. The van der Waals surface area contributed by atoms with Gasteiger partial charge in [0.15, 0.2) is 11.5 Å². The van der Waals surface area contributed by atoms with Gasteiger partial charge in [-0.05, 0) is 37.6 Å². The van der Waals surface area contributed by atoms with Gasteiger partial charge in [0, 0.05) is 11.4 Å². The first-order valence-electron chi connectivity index (χ1n) is 10.6. The summed E-state index contributed by atoms with van der Waals surface area (Å²) in [6.07, 6.45) is -0.275. The number of carbonyl (C=O) groups excluding carboxylic acids is 2. The Kier molecular flexibility index (Phi) is 6.44. The fourth-order valence-corrected chi connectivity index (χ4v) is 3.70. The average Bonchev–Trinajstić information content (AvgIpc) is 3.14. The van der Waals surface area contributed by atoms with E-state index < -0.39 is 5.97 Å². The van der Waals surface area contributed by atoms with Crippen LogP contribution in [0.2, 0.25) is 0 Å². The second-order valence-electron chi connectivity index (χ2n) is 7.50. The molecule has 2 heterocycles. The lowest BCUT2D eigenvalue weighted by molar-refractivity contribution is -0.122. The van der Waals surface area contributed by atoms with E-state index in [1.165, 1.54) is 0 Å². The van der Waals surface area contributed by atoms with Crippen LogP contribution in [0.5, 0.6) is 11.5 Å². The van der Waals surface area contributed by atoms with E-state index >= 15 is 0 Å². The highest BCUT2D eigenvalue weighted by atomic mass is 16.6. The van der Waals surface area contributed by atoms with Crippen LogP contribution in [0.1, 0.15) is 23.0 Å². The van der Waals surface area contributed by atoms with Crippen LogP contribution < -0.4 is 14.8 Å². The third-order valence-corrected chi connectivity index (χ3v) is 5.33. The molecule has 1 atom stereocenters. The minimum atomic E-state index is -0.396. The maximum atomic E-state index is 12.8. The topological polar surface area (TPSA) is 78.8 Å². The summed E-state index contributed by atoms with van der Waals surface area (Å²) in [4.78, 5) is 25.2. The van der Waals surface area contributed by atoms with Crippen LogP contribution in [0.3, 0.4) is 0 Å². The number of amides is 1. The van der Waals surface area contributed by atoms with Gasteiger partial charge < -0.3 is 24.1 Å². The van der Waals surface area contributed by atoms with E-state index in [0.717, 1.165) is 11.3 Å². The number of esters is 1. The van der Waals surface area contributed by atoms with Crippen LogP contribution in [0, 0.1) is 6.92 Å². The van der Waals surface area contributed by atoms with Gasteiger partial charge in [-0.15, -0.1) is 0 Å². The van der Waals surface area contributed by atoms with Gasteiger partial charge in [0.25, 0.3) is 0 Å². The van der Waals surface area contributed by atoms with Crippen LogP contribution in [0.15, 0.2) is 60.7 Å². The third-order valence-electron chi connectivity index (χ3n) is 5.33. The van der Waals surface area contributed by atoms with Gasteiger partial charge in [0.05, 0.1) is 18.7 Å². The number of aromatic nitrogens is 1. The Morgan fingerprint density at radius 2 is 1.81 bits per heavy atom. The van der Waals surface area contributed by atoms with Crippen molar-refractivity contribution in [3.05, 3.63) is 71.9 Å². The summed E-state index contributed by atoms with van der Waals surface area (Å²) in [5, 5.41) is 2.92. The zero-order valence-electron chi connectivity index (χ0n) is 18.2. The zero-order chi connectivity index (χ0) is 22.5. The van der Waals surface area contributed by atoms with Crippen molar-refractivity contribution in [2.24, 2.45) is 0 Å². The molecule has 2 aromatic carbocycles. The maximum Gasteiger partial charge on any atom is 0.339 e. The molecule has 166 valence electrons. The summed E-state index contributed by atoms with van der Waals surface area (Å²) in [5.74, 6) is 0.799. The number of hydrogen-bond acceptors (Lipinski definition) is 5. The average molecular weight is 434 g/mol. The van der Waals surface area contributed by atoms with Crippen LogP contribution in [0.25, 0.3) is 11.3 Å². The fraction of sp³-hybridized carbons (Fsp3) is 0.280. The Morgan fingerprint density at radius 3 is 2.56 bits per heavy atom. The van der Waals surface area contributed by atoms with Crippen molar-refractivity contribution in [1.29, 1.82) is 0 Å². The first kappa shape index (κ1) is 21.5. The Hall–Kier alpha value is -3.74. The predicted octanol–water partition coefficient (Wildman–Crippen LogP) is 3.60. The molecule has 1 aliphatic heterocycles. The van der Waals surface area contributed by atoms with Crippen molar-refractivity contribution in [1.82, 2.24) is 9.88 Å². The van der Waals surface area contributed by atoms with Gasteiger partial charge in [-0.2, -0.15) is 0 Å². The van der Waals surface area contributed by atoms with Crippen molar-refractivity contribution in [2.75, 3.05) is 19.8 Å². The number of rotatable bonds is 7. The Labute approximate surface area is 186 Å². The largest absolute Gasteiger partial charge is 0.486 e. The molecular formula is C25H26N2O5. The molecule has 1 N–H and O–H groups in total. The molecule has 7 heteroatoms. The quantitative estimate of drug-likeness (QED) is 0.575. The molecule has 0 fully saturated rings. The minimum absolute atomic E-state index is 0.0691. The van der Waals surface area contributed by atoms with Crippen molar-refractivity contribution >= 4 is 11.9 Å². The van der Waals surface area contributed by atoms with E-state index in [-0.39, 0.29) is 25.2 Å². The second kappa shape index (κ2) is 9.60. The predicted molar refractivity (Wildman–Crippen MR) is 120 cm³/mol. The maximum absolute atomic E-state index is 12.8. The number of benzene rings is 2. The van der Waals surface area contributed by atoms with E-state index in [1.54, 1.807) is 13.0 Å². The van der Waals surface area contributed by atoms with Crippen molar-refractivity contribution in [3.8, 4) is 22.8 Å². The monoisotopic (exact) mass is 434 g/mol. The summed E-state index contributed by atoms with van der Waals surface area (Å²) in [6, 6.07) is 18.9. The summed E-state index contributed by atoms with van der Waals surface area (Å²) in [7, 11) is 0. The second-order valence-corrected chi connectivity index (χ2v) is 7.50. The lowest BCUT2D eigenvalue weighted by Gasteiger charge is -2.26. The Bertz CT molecular complexity index is 1110. The van der Waals surface area contributed by atoms with Gasteiger partial charge in [0.1, 0.15) is 19.3 Å². The normalized spacial score (nSPS) is 14.6. The van der Waals surface area contributed by atoms with E-state index in [2.05, 4.69) is 5.32 Å². The van der Waals surface area contributed by atoms with Gasteiger partial charge in [-0.1, -0.05) is 42.5 Å². The first-order chi connectivity index (χ1) is 15.6. The molecule has 4 rings (SSSR count). The highest BCUT2D eigenvalue weighted by molar-refractivity contribution is 5.93. The van der Waals surface area contributed by atoms with Gasteiger partial charge in [0.2, 0.25) is 5.91 Å². The van der Waals surface area contributed by atoms with Crippen LogP contribution in [-0.4, -0.2) is 42.3 Å². The fourth-order valence-electron chi connectivity index (χ4n) is 3.70. The van der Waals surface area contributed by atoms with Crippen molar-refractivity contribution < 1.29 is 23.8 Å². The number of fused-ring (bicyclic) bond motifs is 1. The SMILES string of the molecule is CCOC(=O)c1cc(-c2ccccc2)n(CC(=O)NC[C@@H]2COc3ccccc3O2)c1C. The molecule has 1 aliphatic rings. The minimum Gasteiger partial charge on any atom is -0.486 e. The number of hydrogen-bond donors (Lipinski definition) is 1. The van der Waals surface area contributed by atoms with Gasteiger partial charge >= 0.3 is 5.97 Å². The first-order valence-corrected chi connectivity index (χ1v) is 10.6. The molecule has 3 aromatic rings. The van der Waals surface area contributed by atoms with E-state index in [4.69, 9.17) is 14.2 Å². The highest BCUT2D eigenvalue weighted by Crippen LogP contribution is 2.30. The number of nitrogens with one attached hydrogen (secondary N) is 1. The van der Waals surface area contributed by atoms with E-state index in [0.29, 0.717) is 35.9 Å². The summed E-state index contributed by atoms with van der Waals surface area (Å²) in [6.45, 7) is 4.63. The molecular weight excluding hydrogens is 408 g/mol. The molecule has 0 saturated heterocycles. The summed E-state index contributed by atoms with van der Waals surface area (Å²) in [5.41, 5.74) is 2.84. The third kappa shape index (κ3) is 4.61. The molecule has 0 unspecified atom stereocenters. The van der Waals surface area contributed by atoms with Crippen molar-refractivity contribution in [2.45, 2.75) is 26.5 Å². The Morgan fingerprint density at radius 1 is 1.09 bits per heavy atom. The highest BCUT2D eigenvalue weighted by Gasteiger charge is 2.23. The summed E-state index contributed by atoms with van der Waals surface area (Å²) < 4.78 is 18.6. The molecule has 1 aromatic heterocycles. The van der Waals surface area contributed by atoms with Crippen LogP contribution >= 0.6 is 0 Å². The molecule has 0 radical (unpaired) electrons. The standard InChI is InChI=1S/C25H26N2O5/c1-3-30-25(29)20-13-21(18-9-5-4-6-10-18)27(17(20)2)15-24(28)26-14-19-16-31-22-11-7-8-12-23(22)32-19/h4-13,19H,3,14-16H2,1-2H3,(H,26,28)/t19-/m1/s1. The smallest absolute Gasteiger partial charge is 0.339 e. The molecule has 32 heavy (non-hydrogen) atoms. The molecule has 0 bridgehead atoms. The molecule has 7 nitrogen and oxygen atoms in total. The number of nitrogens with zero attached hydrogens (tertiary/aromatic N) is 1. The lowest BCUT2D eigenvalue weighted by Crippen LogP contribution is -2.41. The van der Waals surface area contributed by atoms with E-state index in [1.807, 2.05) is 66.1 Å². The van der Waals surface area contributed by atoms with E-state index in [9.17, 15) is 9.59 Å². The molecule has 0 saturated carbocycles. The number of ether oxygens (including phenoxy) is 3. The Balaban J connectivity index is 1.48. The van der Waals surface area contributed by atoms with Gasteiger partial charge in [-0.3, -0.25) is 4.79 Å². The number of carbonyl (C=O) groups is 2. The molecule has 0 aliphatic carbocycles. The molecule has 0 spiro atoms. The van der Waals surface area contributed by atoms with Crippen LogP contribution in [-0.2, 0) is 16.1 Å². The van der Waals surface area contributed by atoms with Crippen molar-refractivity contribution in [3.63, 3.8) is 0 Å². The molecule has 1 amide bonds. The lowest BCUT2D eigenvalue weighted by atomic mass is 10.1. The van der Waals surface area contributed by atoms with Crippen LogP contribution in [0.4, 0.5) is 0 Å².